The maximum Gasteiger partial charge on any atom is 0.355 e. The average Bonchev–Trinajstić information content (AvgIpc) is 2.41. The highest BCUT2D eigenvalue weighted by molar-refractivity contribution is 5.89. The molecular formula is C8H11FN2O2. The van der Waals surface area contributed by atoms with Crippen molar-refractivity contribution in [3.63, 3.8) is 0 Å². The number of hydrogen-bond donors (Lipinski definition) is 1. The Kier molecular flexibility index (Phi) is 2.89. The summed E-state index contributed by atoms with van der Waals surface area (Å²) in [5.41, 5.74) is 6.25. The van der Waals surface area contributed by atoms with Gasteiger partial charge in [0.2, 0.25) is 0 Å². The lowest BCUT2D eigenvalue weighted by Crippen LogP contribution is -2.11. The van der Waals surface area contributed by atoms with Crippen LogP contribution in [0, 0.1) is 0 Å². The molecule has 0 unspecified atom stereocenters. The van der Waals surface area contributed by atoms with E-state index < -0.39 is 12.6 Å². The number of aromatic nitrogens is 1. The minimum Gasteiger partial charge on any atom is -0.458 e. The zero-order valence-corrected chi connectivity index (χ0v) is 7.29. The molecular weight excluding hydrogens is 175 g/mol. The summed E-state index contributed by atoms with van der Waals surface area (Å²) in [7, 11) is 1.67. The molecule has 0 spiro atoms. The first-order valence-corrected chi connectivity index (χ1v) is 3.80. The van der Waals surface area contributed by atoms with Gasteiger partial charge in [0.05, 0.1) is 5.69 Å². The van der Waals surface area contributed by atoms with Crippen LogP contribution in [0.2, 0.25) is 0 Å². The second kappa shape index (κ2) is 3.93. The fourth-order valence-electron chi connectivity index (χ4n) is 0.998. The standard InChI is InChI=1S/C8H11FN2O2/c1-11-5-6(10)4-7(11)8(12)13-3-2-9/h4-5H,2-3,10H2,1H3. The molecule has 0 amide bonds. The maximum absolute atomic E-state index is 11.7. The van der Waals surface area contributed by atoms with Crippen molar-refractivity contribution in [3.8, 4) is 0 Å². The lowest BCUT2D eigenvalue weighted by atomic mass is 10.4. The molecule has 1 aromatic rings. The van der Waals surface area contributed by atoms with E-state index in [9.17, 15) is 9.18 Å². The summed E-state index contributed by atoms with van der Waals surface area (Å²) in [6, 6.07) is 1.49. The quantitative estimate of drug-likeness (QED) is 0.708. The number of esters is 1. The van der Waals surface area contributed by atoms with Gasteiger partial charge in [0, 0.05) is 13.2 Å². The molecule has 1 aromatic heterocycles. The van der Waals surface area contributed by atoms with Crippen molar-refractivity contribution in [2.75, 3.05) is 19.0 Å². The third-order valence-corrected chi connectivity index (χ3v) is 1.55. The SMILES string of the molecule is Cn1cc(N)cc1C(=O)OCCF. The average molecular weight is 186 g/mol. The van der Waals surface area contributed by atoms with E-state index in [1.54, 1.807) is 13.2 Å². The number of carbonyl (C=O) groups excluding carboxylic acids is 1. The predicted molar refractivity (Wildman–Crippen MR) is 46.1 cm³/mol. The molecule has 4 nitrogen and oxygen atoms in total. The van der Waals surface area contributed by atoms with Crippen LogP contribution in [0.15, 0.2) is 12.3 Å². The fourth-order valence-corrected chi connectivity index (χ4v) is 0.998. The Labute approximate surface area is 75.1 Å². The Morgan fingerprint density at radius 1 is 1.77 bits per heavy atom. The topological polar surface area (TPSA) is 57.2 Å². The van der Waals surface area contributed by atoms with E-state index in [1.165, 1.54) is 10.6 Å². The van der Waals surface area contributed by atoms with Gasteiger partial charge in [0.1, 0.15) is 19.0 Å². The van der Waals surface area contributed by atoms with Gasteiger partial charge in [-0.25, -0.2) is 9.18 Å². The lowest BCUT2D eigenvalue weighted by Gasteiger charge is -2.02. The van der Waals surface area contributed by atoms with Crippen molar-refractivity contribution in [2.45, 2.75) is 0 Å². The maximum atomic E-state index is 11.7. The van der Waals surface area contributed by atoms with E-state index in [0.29, 0.717) is 11.4 Å². The molecule has 0 bridgehead atoms. The van der Waals surface area contributed by atoms with Crippen LogP contribution < -0.4 is 5.73 Å². The first-order valence-electron chi connectivity index (χ1n) is 3.80. The van der Waals surface area contributed by atoms with E-state index in [-0.39, 0.29) is 6.61 Å². The van der Waals surface area contributed by atoms with Crippen molar-refractivity contribution in [1.29, 1.82) is 0 Å². The van der Waals surface area contributed by atoms with E-state index >= 15 is 0 Å². The smallest absolute Gasteiger partial charge is 0.355 e. The van der Waals surface area contributed by atoms with Gasteiger partial charge in [-0.2, -0.15) is 0 Å². The van der Waals surface area contributed by atoms with Gasteiger partial charge in [-0.3, -0.25) is 0 Å². The molecule has 5 heteroatoms. The number of alkyl halides is 1. The number of rotatable bonds is 3. The molecule has 1 rings (SSSR count). The number of hydrogen-bond acceptors (Lipinski definition) is 3. The third kappa shape index (κ3) is 2.21. The van der Waals surface area contributed by atoms with Crippen LogP contribution in [0.4, 0.5) is 10.1 Å². The molecule has 0 fully saturated rings. The molecule has 0 aliphatic rings. The first-order chi connectivity index (χ1) is 6.15. The molecule has 0 aromatic carbocycles. The molecule has 0 atom stereocenters. The third-order valence-electron chi connectivity index (χ3n) is 1.55. The van der Waals surface area contributed by atoms with E-state index in [1.807, 2.05) is 0 Å². The van der Waals surface area contributed by atoms with Gasteiger partial charge in [0.25, 0.3) is 0 Å². The summed E-state index contributed by atoms with van der Waals surface area (Å²) < 4.78 is 17.8. The molecule has 13 heavy (non-hydrogen) atoms. The van der Waals surface area contributed by atoms with Gasteiger partial charge in [-0.1, -0.05) is 0 Å². The van der Waals surface area contributed by atoms with Crippen LogP contribution in [-0.2, 0) is 11.8 Å². The summed E-state index contributed by atoms with van der Waals surface area (Å²) in [6.07, 6.45) is 1.59. The van der Waals surface area contributed by atoms with E-state index in [2.05, 4.69) is 4.74 Å². The Hall–Kier alpha value is -1.52. The molecule has 0 saturated heterocycles. The van der Waals surface area contributed by atoms with Gasteiger partial charge in [0.15, 0.2) is 0 Å². The van der Waals surface area contributed by atoms with Crippen LogP contribution in [0.25, 0.3) is 0 Å². The number of ether oxygens (including phenoxy) is 1. The zero-order valence-electron chi connectivity index (χ0n) is 7.29. The van der Waals surface area contributed by atoms with Gasteiger partial charge >= 0.3 is 5.97 Å². The van der Waals surface area contributed by atoms with Crippen molar-refractivity contribution in [2.24, 2.45) is 7.05 Å². The Morgan fingerprint density at radius 3 is 2.92 bits per heavy atom. The summed E-state index contributed by atoms with van der Waals surface area (Å²) in [4.78, 5) is 11.2. The van der Waals surface area contributed by atoms with Crippen molar-refractivity contribution in [1.82, 2.24) is 4.57 Å². The molecule has 0 saturated carbocycles. The first kappa shape index (κ1) is 9.57. The van der Waals surface area contributed by atoms with Crippen LogP contribution in [0.3, 0.4) is 0 Å². The van der Waals surface area contributed by atoms with Gasteiger partial charge in [-0.15, -0.1) is 0 Å². The van der Waals surface area contributed by atoms with Crippen LogP contribution in [0.1, 0.15) is 10.5 Å². The number of halogens is 1. The number of aryl methyl sites for hydroxylation is 1. The monoisotopic (exact) mass is 186 g/mol. The Bertz CT molecular complexity index is 309. The molecule has 1 heterocycles. The van der Waals surface area contributed by atoms with Crippen LogP contribution in [0.5, 0.6) is 0 Å². The normalized spacial score (nSPS) is 10.0. The van der Waals surface area contributed by atoms with Gasteiger partial charge in [-0.05, 0) is 6.07 Å². The summed E-state index contributed by atoms with van der Waals surface area (Å²) in [5.74, 6) is -0.558. The van der Waals surface area contributed by atoms with Crippen molar-refractivity contribution >= 4 is 11.7 Å². The van der Waals surface area contributed by atoms with Crippen LogP contribution in [-0.4, -0.2) is 23.8 Å². The van der Waals surface area contributed by atoms with Crippen molar-refractivity contribution in [3.05, 3.63) is 18.0 Å². The number of carbonyl (C=O) groups is 1. The molecule has 0 radical (unpaired) electrons. The Morgan fingerprint density at radius 2 is 2.46 bits per heavy atom. The van der Waals surface area contributed by atoms with Crippen molar-refractivity contribution < 1.29 is 13.9 Å². The number of nitrogens with zero attached hydrogens (tertiary/aromatic N) is 1. The minimum atomic E-state index is -0.675. The van der Waals surface area contributed by atoms with Gasteiger partial charge < -0.3 is 15.0 Å². The largest absolute Gasteiger partial charge is 0.458 e. The Balaban J connectivity index is 2.70. The number of nitrogens with two attached hydrogens (primary N) is 1. The van der Waals surface area contributed by atoms with E-state index in [4.69, 9.17) is 5.73 Å². The molecule has 0 aliphatic heterocycles. The fraction of sp³-hybridized carbons (Fsp3) is 0.375. The molecule has 2 N–H and O–H groups in total. The number of nitrogen functional groups attached to an aromatic ring is 1. The lowest BCUT2D eigenvalue weighted by molar-refractivity contribution is 0.0470. The second-order valence-electron chi connectivity index (χ2n) is 2.59. The minimum absolute atomic E-state index is 0.218. The predicted octanol–water partition coefficient (Wildman–Crippen LogP) is 0.734. The highest BCUT2D eigenvalue weighted by atomic mass is 19.1. The van der Waals surface area contributed by atoms with E-state index in [0.717, 1.165) is 0 Å². The highest BCUT2D eigenvalue weighted by Gasteiger charge is 2.11. The summed E-state index contributed by atoms with van der Waals surface area (Å²) in [6.45, 7) is -0.893. The van der Waals surface area contributed by atoms with Crippen LogP contribution >= 0.6 is 0 Å². The molecule has 72 valence electrons. The second-order valence-corrected chi connectivity index (χ2v) is 2.59. The number of anilines is 1. The summed E-state index contributed by atoms with van der Waals surface area (Å²) >= 11 is 0. The highest BCUT2D eigenvalue weighted by Crippen LogP contribution is 2.09. The zero-order chi connectivity index (χ0) is 9.84. The molecule has 0 aliphatic carbocycles. The summed E-state index contributed by atoms with van der Waals surface area (Å²) in [5, 5.41) is 0.